The molecule has 0 N–H and O–H groups in total. The van der Waals surface area contributed by atoms with Crippen molar-refractivity contribution < 1.29 is 28.4 Å². The molecule has 0 aliphatic carbocycles. The van der Waals surface area contributed by atoms with Gasteiger partial charge in [0.15, 0.2) is 18.6 Å². The summed E-state index contributed by atoms with van der Waals surface area (Å²) < 4.78 is 31.8. The Kier molecular flexibility index (Phi) is 9.61. The van der Waals surface area contributed by atoms with Crippen LogP contribution in [0, 0.1) is 5.21 Å². The van der Waals surface area contributed by atoms with Gasteiger partial charge in [-0.05, 0) is 16.7 Å². The van der Waals surface area contributed by atoms with Gasteiger partial charge in [0.05, 0.1) is 19.8 Å². The van der Waals surface area contributed by atoms with Crippen LogP contribution in [0.25, 0.3) is 0 Å². The summed E-state index contributed by atoms with van der Waals surface area (Å²) in [6.45, 7) is 1.02. The fourth-order valence-electron chi connectivity index (χ4n) is 4.21. The average Bonchev–Trinajstić information content (AvgIpc) is 2.91. The second kappa shape index (κ2) is 13.3. The van der Waals surface area contributed by atoms with Crippen molar-refractivity contribution >= 4 is 6.21 Å². The smallest absolute Gasteiger partial charge is 0.187 e. The molecule has 0 spiro atoms. The summed E-state index contributed by atoms with van der Waals surface area (Å²) in [7, 11) is 2.97. The zero-order valence-electron chi connectivity index (χ0n) is 20.6. The van der Waals surface area contributed by atoms with Gasteiger partial charge in [-0.2, -0.15) is 0 Å². The Morgan fingerprint density at radius 1 is 0.694 bits per heavy atom. The highest BCUT2D eigenvalue weighted by Gasteiger charge is 2.49. The number of hydrogen-bond acceptors (Lipinski definition) is 6. The fraction of sp³-hybridized carbons (Fsp3) is 0.345. The van der Waals surface area contributed by atoms with Gasteiger partial charge in [0, 0.05) is 7.11 Å². The lowest BCUT2D eigenvalue weighted by Gasteiger charge is -2.44. The van der Waals surface area contributed by atoms with E-state index >= 15 is 0 Å². The predicted molar refractivity (Wildman–Crippen MR) is 136 cm³/mol. The van der Waals surface area contributed by atoms with Crippen molar-refractivity contribution in [3.8, 4) is 0 Å². The van der Waals surface area contributed by atoms with Crippen molar-refractivity contribution in [1.82, 2.24) is 0 Å². The second-order valence-electron chi connectivity index (χ2n) is 8.68. The largest absolute Gasteiger partial charge is 0.624 e. The molecule has 36 heavy (non-hydrogen) atoms. The first kappa shape index (κ1) is 26.0. The second-order valence-corrected chi connectivity index (χ2v) is 8.68. The molecule has 3 aromatic rings. The molecule has 0 radical (unpaired) electrons. The maximum absolute atomic E-state index is 12.0. The average molecular weight is 492 g/mol. The van der Waals surface area contributed by atoms with Crippen LogP contribution in [0.2, 0.25) is 0 Å². The highest BCUT2D eigenvalue weighted by atomic mass is 16.7. The molecule has 1 heterocycles. The number of nitrogens with zero attached hydrogens (tertiary/aromatic N) is 1. The lowest BCUT2D eigenvalue weighted by Crippen LogP contribution is -2.61. The molecule has 0 aromatic heterocycles. The number of ether oxygens (including phenoxy) is 5. The van der Waals surface area contributed by atoms with Gasteiger partial charge in [0.25, 0.3) is 0 Å². The van der Waals surface area contributed by atoms with E-state index in [0.717, 1.165) is 21.4 Å². The molecule has 1 saturated heterocycles. The monoisotopic (exact) mass is 491 g/mol. The molecule has 0 amide bonds. The van der Waals surface area contributed by atoms with E-state index in [2.05, 4.69) is 0 Å². The zero-order chi connectivity index (χ0) is 25.2. The van der Waals surface area contributed by atoms with Crippen molar-refractivity contribution in [2.24, 2.45) is 0 Å². The first-order valence-electron chi connectivity index (χ1n) is 12.0. The van der Waals surface area contributed by atoms with Gasteiger partial charge in [-0.3, -0.25) is 0 Å². The SMILES string of the molecule is COC1OC(/C=[N+](/C)[O-])C(OCc2ccccc2)C(OCc2ccccc2)C1OCc1ccccc1. The lowest BCUT2D eigenvalue weighted by atomic mass is 9.98. The molecule has 1 fully saturated rings. The standard InChI is InChI=1S/C29H33NO6/c1-30(31)18-25-26(33-19-22-12-6-3-7-13-22)27(34-20-23-14-8-4-9-15-23)28(29(32-2)36-25)35-21-24-16-10-5-11-17-24/h3-18,25-29H,19-21H2,1-2H3/b30-18-. The molecule has 4 rings (SSSR count). The van der Waals surface area contributed by atoms with Crippen molar-refractivity contribution in [3.05, 3.63) is 113 Å². The molecular weight excluding hydrogens is 458 g/mol. The Bertz CT molecular complexity index is 1060. The molecule has 5 unspecified atom stereocenters. The summed E-state index contributed by atoms with van der Waals surface area (Å²) in [4.78, 5) is 0. The van der Waals surface area contributed by atoms with Gasteiger partial charge in [-0.25, -0.2) is 4.74 Å². The number of hydrogen-bond donors (Lipinski definition) is 0. The van der Waals surface area contributed by atoms with Gasteiger partial charge in [0.2, 0.25) is 0 Å². The maximum atomic E-state index is 12.0. The number of hydroxylamine groups is 1. The minimum absolute atomic E-state index is 0.329. The van der Waals surface area contributed by atoms with Crippen LogP contribution in [0.15, 0.2) is 91.0 Å². The Labute approximate surface area is 212 Å². The first-order chi connectivity index (χ1) is 17.6. The van der Waals surface area contributed by atoms with Gasteiger partial charge in [-0.15, -0.1) is 0 Å². The predicted octanol–water partition coefficient (Wildman–Crippen LogP) is 4.32. The van der Waals surface area contributed by atoms with E-state index in [4.69, 9.17) is 23.7 Å². The van der Waals surface area contributed by atoms with Crippen LogP contribution in [0.4, 0.5) is 0 Å². The molecule has 190 valence electrons. The Balaban J connectivity index is 1.61. The maximum Gasteiger partial charge on any atom is 0.187 e. The third-order valence-corrected chi connectivity index (χ3v) is 5.98. The minimum atomic E-state index is -0.757. The molecule has 5 atom stereocenters. The van der Waals surface area contributed by atoms with Gasteiger partial charge in [0.1, 0.15) is 25.4 Å². The summed E-state index contributed by atoms with van der Waals surface area (Å²) in [6.07, 6.45) is -1.80. The third kappa shape index (κ3) is 7.22. The summed E-state index contributed by atoms with van der Waals surface area (Å²) in [5.41, 5.74) is 3.04. The topological polar surface area (TPSA) is 72.2 Å². The van der Waals surface area contributed by atoms with Crippen LogP contribution < -0.4 is 0 Å². The van der Waals surface area contributed by atoms with Crippen LogP contribution >= 0.6 is 0 Å². The molecule has 0 saturated carbocycles. The molecule has 7 heteroatoms. The minimum Gasteiger partial charge on any atom is -0.624 e. The third-order valence-electron chi connectivity index (χ3n) is 5.98. The Morgan fingerprint density at radius 2 is 1.11 bits per heavy atom. The van der Waals surface area contributed by atoms with E-state index < -0.39 is 30.7 Å². The zero-order valence-corrected chi connectivity index (χ0v) is 20.6. The van der Waals surface area contributed by atoms with Crippen LogP contribution in [0.1, 0.15) is 16.7 Å². The molecule has 1 aliphatic rings. The van der Waals surface area contributed by atoms with Crippen molar-refractivity contribution in [3.63, 3.8) is 0 Å². The van der Waals surface area contributed by atoms with E-state index in [9.17, 15) is 5.21 Å². The Morgan fingerprint density at radius 3 is 1.53 bits per heavy atom. The summed E-state index contributed by atoms with van der Waals surface area (Å²) in [5.74, 6) is 0. The van der Waals surface area contributed by atoms with Gasteiger partial charge in [-0.1, -0.05) is 91.0 Å². The molecule has 3 aromatic carbocycles. The number of methoxy groups -OCH3 is 1. The van der Waals surface area contributed by atoms with Crippen LogP contribution in [0.3, 0.4) is 0 Å². The molecule has 1 aliphatic heterocycles. The van der Waals surface area contributed by atoms with Crippen molar-refractivity contribution in [2.75, 3.05) is 14.2 Å². The van der Waals surface area contributed by atoms with E-state index in [0.29, 0.717) is 19.8 Å². The number of rotatable bonds is 11. The highest BCUT2D eigenvalue weighted by molar-refractivity contribution is 5.59. The van der Waals surface area contributed by atoms with E-state index in [1.54, 1.807) is 7.11 Å². The van der Waals surface area contributed by atoms with Crippen molar-refractivity contribution in [1.29, 1.82) is 0 Å². The van der Waals surface area contributed by atoms with E-state index in [1.165, 1.54) is 13.3 Å². The van der Waals surface area contributed by atoms with E-state index in [1.807, 2.05) is 91.0 Å². The molecule has 7 nitrogen and oxygen atoms in total. The fourth-order valence-corrected chi connectivity index (χ4v) is 4.21. The lowest BCUT2D eigenvalue weighted by molar-refractivity contribution is -0.425. The van der Waals surface area contributed by atoms with Gasteiger partial charge < -0.3 is 28.9 Å². The highest BCUT2D eigenvalue weighted by Crippen LogP contribution is 2.30. The van der Waals surface area contributed by atoms with Gasteiger partial charge >= 0.3 is 0 Å². The van der Waals surface area contributed by atoms with Crippen LogP contribution in [-0.4, -0.2) is 55.8 Å². The molecular formula is C29H33NO6. The number of benzene rings is 3. The quantitative estimate of drug-likeness (QED) is 0.172. The summed E-state index contributed by atoms with van der Waals surface area (Å²) in [5, 5.41) is 12.0. The van der Waals surface area contributed by atoms with Crippen LogP contribution in [0.5, 0.6) is 0 Å². The first-order valence-corrected chi connectivity index (χ1v) is 12.0. The van der Waals surface area contributed by atoms with Crippen molar-refractivity contribution in [2.45, 2.75) is 50.5 Å². The summed E-state index contributed by atoms with van der Waals surface area (Å²) >= 11 is 0. The summed E-state index contributed by atoms with van der Waals surface area (Å²) in [6, 6.07) is 29.7. The van der Waals surface area contributed by atoms with E-state index in [-0.39, 0.29) is 0 Å². The van der Waals surface area contributed by atoms with Crippen LogP contribution in [-0.2, 0) is 43.5 Å². The molecule has 0 bridgehead atoms. The normalized spacial score (nSPS) is 24.5. The Hall–Kier alpha value is -3.07.